The van der Waals surface area contributed by atoms with E-state index < -0.39 is 0 Å². The van der Waals surface area contributed by atoms with E-state index in [4.69, 9.17) is 9.72 Å². The largest absolute Gasteiger partial charge is 0.455 e. The summed E-state index contributed by atoms with van der Waals surface area (Å²) in [5.74, 6) is 0.151. The van der Waals surface area contributed by atoms with E-state index in [2.05, 4.69) is 18.4 Å². The summed E-state index contributed by atoms with van der Waals surface area (Å²) in [5.41, 5.74) is 3.33. The van der Waals surface area contributed by atoms with E-state index in [9.17, 15) is 4.79 Å². The molecule has 1 aliphatic rings. The Bertz CT molecular complexity index is 704. The van der Waals surface area contributed by atoms with E-state index in [-0.39, 0.29) is 18.6 Å². The molecule has 0 fully saturated rings. The molecule has 0 spiro atoms. The number of imidazole rings is 1. The van der Waals surface area contributed by atoms with Gasteiger partial charge in [-0.1, -0.05) is 49.6 Å². The van der Waals surface area contributed by atoms with Crippen molar-refractivity contribution in [1.29, 1.82) is 0 Å². The molecule has 0 atom stereocenters. The molecule has 2 aromatic rings. The number of aryl methyl sites for hydroxylation is 1. The first kappa shape index (κ1) is 17.7. The molecule has 1 aliphatic carbocycles. The highest BCUT2D eigenvalue weighted by Crippen LogP contribution is 2.25. The number of hydrogen-bond acceptors (Lipinski definition) is 3. The molecule has 134 valence electrons. The molecule has 3 rings (SSSR count). The Kier molecular flexibility index (Phi) is 5.90. The van der Waals surface area contributed by atoms with Crippen molar-refractivity contribution in [2.75, 3.05) is 0 Å². The van der Waals surface area contributed by atoms with Crippen LogP contribution in [0.5, 0.6) is 0 Å². The quantitative estimate of drug-likeness (QED) is 0.746. The third-order valence-corrected chi connectivity index (χ3v) is 4.83. The van der Waals surface area contributed by atoms with Gasteiger partial charge in [-0.3, -0.25) is 0 Å². The van der Waals surface area contributed by atoms with E-state index in [0.29, 0.717) is 5.82 Å². The van der Waals surface area contributed by atoms with Crippen molar-refractivity contribution in [3.8, 4) is 0 Å². The number of ether oxygens (including phenoxy) is 1. The summed E-state index contributed by atoms with van der Waals surface area (Å²) in [5, 5.41) is 0. The Balaban J connectivity index is 1.83. The third-order valence-electron chi connectivity index (χ3n) is 4.83. The van der Waals surface area contributed by atoms with E-state index >= 15 is 0 Å². The molecule has 0 amide bonds. The summed E-state index contributed by atoms with van der Waals surface area (Å²) in [4.78, 5) is 17.4. The summed E-state index contributed by atoms with van der Waals surface area (Å²) in [6.45, 7) is 4.51. The maximum atomic E-state index is 12.7. The fraction of sp³-hybridized carbons (Fsp3) is 0.524. The van der Waals surface area contributed by atoms with Crippen LogP contribution in [0.2, 0.25) is 0 Å². The number of nitrogens with zero attached hydrogens (tertiary/aromatic N) is 2. The molecule has 0 N–H and O–H groups in total. The van der Waals surface area contributed by atoms with Crippen LogP contribution >= 0.6 is 0 Å². The van der Waals surface area contributed by atoms with Crippen LogP contribution in [-0.2, 0) is 24.2 Å². The first-order valence-electron chi connectivity index (χ1n) is 9.48. The van der Waals surface area contributed by atoms with Crippen molar-refractivity contribution < 1.29 is 9.53 Å². The van der Waals surface area contributed by atoms with Gasteiger partial charge in [-0.05, 0) is 45.1 Å². The maximum absolute atomic E-state index is 12.7. The Morgan fingerprint density at radius 1 is 1.08 bits per heavy atom. The molecule has 4 nitrogen and oxygen atoms in total. The van der Waals surface area contributed by atoms with Crippen molar-refractivity contribution >= 4 is 5.97 Å². The zero-order chi connectivity index (χ0) is 17.6. The second-order valence-electron chi connectivity index (χ2n) is 7.12. The number of aromatic nitrogens is 2. The van der Waals surface area contributed by atoms with Gasteiger partial charge in [0.05, 0.1) is 5.69 Å². The number of rotatable bonds is 4. The Morgan fingerprint density at radius 3 is 2.48 bits per heavy atom. The number of hydrogen-bond donors (Lipinski definition) is 0. The topological polar surface area (TPSA) is 44.1 Å². The van der Waals surface area contributed by atoms with Gasteiger partial charge < -0.3 is 9.30 Å². The average Bonchev–Trinajstić information content (AvgIpc) is 3.02. The van der Waals surface area contributed by atoms with Gasteiger partial charge in [0.1, 0.15) is 6.61 Å². The molecule has 0 unspecified atom stereocenters. The lowest BCUT2D eigenvalue weighted by Crippen LogP contribution is -2.17. The summed E-state index contributed by atoms with van der Waals surface area (Å²) in [7, 11) is 0. The Hall–Kier alpha value is -2.10. The number of carbonyl (C=O) groups is 1. The minimum Gasteiger partial charge on any atom is -0.455 e. The average molecular weight is 340 g/mol. The molecule has 0 saturated heterocycles. The van der Waals surface area contributed by atoms with Crippen molar-refractivity contribution in [2.24, 2.45) is 0 Å². The zero-order valence-electron chi connectivity index (χ0n) is 15.3. The van der Waals surface area contributed by atoms with Crippen LogP contribution in [0.4, 0.5) is 0 Å². The van der Waals surface area contributed by atoms with Crippen molar-refractivity contribution in [2.45, 2.75) is 71.4 Å². The molecule has 25 heavy (non-hydrogen) atoms. The molecule has 1 aromatic carbocycles. The normalized spacial score (nSPS) is 15.2. The smallest absolute Gasteiger partial charge is 0.374 e. The van der Waals surface area contributed by atoms with Crippen molar-refractivity contribution in [1.82, 2.24) is 9.55 Å². The van der Waals surface area contributed by atoms with Crippen LogP contribution in [0.3, 0.4) is 0 Å². The number of esters is 1. The first-order chi connectivity index (χ1) is 12.2. The lowest BCUT2D eigenvalue weighted by Gasteiger charge is -2.15. The predicted octanol–water partition coefficient (Wildman–Crippen LogP) is 4.87. The highest BCUT2D eigenvalue weighted by atomic mass is 16.5. The molecule has 4 heteroatoms. The minimum absolute atomic E-state index is 0.205. The fourth-order valence-corrected chi connectivity index (χ4v) is 3.58. The first-order valence-corrected chi connectivity index (χ1v) is 9.48. The van der Waals surface area contributed by atoms with Gasteiger partial charge in [0.15, 0.2) is 0 Å². The summed E-state index contributed by atoms with van der Waals surface area (Å²) in [6.07, 6.45) is 8.11. The molecular formula is C21H28N2O2. The number of benzene rings is 1. The second-order valence-corrected chi connectivity index (χ2v) is 7.12. The lowest BCUT2D eigenvalue weighted by molar-refractivity contribution is 0.0450. The second kappa shape index (κ2) is 8.32. The minimum atomic E-state index is -0.317. The lowest BCUT2D eigenvalue weighted by atomic mass is 10.1. The summed E-state index contributed by atoms with van der Waals surface area (Å²) in [6, 6.07) is 9.99. The fourth-order valence-electron chi connectivity index (χ4n) is 3.58. The van der Waals surface area contributed by atoms with Crippen molar-refractivity contribution in [3.05, 3.63) is 53.1 Å². The van der Waals surface area contributed by atoms with Gasteiger partial charge in [-0.2, -0.15) is 0 Å². The standard InChI is InChI=1S/C21H28N2O2/c1-16(2)23-19-14-10-5-3-4-9-13-18(19)22-20(23)21(24)25-15-17-11-7-6-8-12-17/h6-8,11-12,16H,3-5,9-10,13-15H2,1-2H3. The zero-order valence-corrected chi connectivity index (χ0v) is 15.3. The van der Waals surface area contributed by atoms with E-state index in [1.807, 2.05) is 30.3 Å². The van der Waals surface area contributed by atoms with Gasteiger partial charge >= 0.3 is 5.97 Å². The van der Waals surface area contributed by atoms with Gasteiger partial charge in [-0.25, -0.2) is 9.78 Å². The number of fused-ring (bicyclic) bond motifs is 1. The van der Waals surface area contributed by atoms with E-state index in [1.165, 1.54) is 31.4 Å². The molecule has 1 aromatic heterocycles. The van der Waals surface area contributed by atoms with Crippen molar-refractivity contribution in [3.63, 3.8) is 0 Å². The predicted molar refractivity (Wildman–Crippen MR) is 98.7 cm³/mol. The van der Waals surface area contributed by atoms with Gasteiger partial charge in [0.2, 0.25) is 5.82 Å². The van der Waals surface area contributed by atoms with Crippen LogP contribution in [0, 0.1) is 0 Å². The van der Waals surface area contributed by atoms with E-state index in [0.717, 1.165) is 30.5 Å². The van der Waals surface area contributed by atoms with Crippen LogP contribution in [0.15, 0.2) is 30.3 Å². The number of carbonyl (C=O) groups excluding carboxylic acids is 1. The van der Waals surface area contributed by atoms with Crippen LogP contribution < -0.4 is 0 Å². The SMILES string of the molecule is CC(C)n1c(C(=O)OCc2ccccc2)nc2c1CCCCCCC2. The molecule has 0 aliphatic heterocycles. The monoisotopic (exact) mass is 340 g/mol. The molecule has 0 radical (unpaired) electrons. The highest BCUT2D eigenvalue weighted by Gasteiger charge is 2.24. The van der Waals surface area contributed by atoms with Crippen LogP contribution in [0.25, 0.3) is 0 Å². The molecule has 0 bridgehead atoms. The van der Waals surface area contributed by atoms with Gasteiger partial charge in [0.25, 0.3) is 0 Å². The Labute approximate surface area is 150 Å². The van der Waals surface area contributed by atoms with Gasteiger partial charge in [-0.15, -0.1) is 0 Å². The summed E-state index contributed by atoms with van der Waals surface area (Å²) >= 11 is 0. The third kappa shape index (κ3) is 4.30. The molecule has 1 heterocycles. The molecule has 0 saturated carbocycles. The van der Waals surface area contributed by atoms with Crippen LogP contribution in [-0.4, -0.2) is 15.5 Å². The maximum Gasteiger partial charge on any atom is 0.374 e. The summed E-state index contributed by atoms with van der Waals surface area (Å²) < 4.78 is 7.65. The van der Waals surface area contributed by atoms with E-state index in [1.54, 1.807) is 0 Å². The molecular weight excluding hydrogens is 312 g/mol. The van der Waals surface area contributed by atoms with Crippen LogP contribution in [0.1, 0.15) is 79.6 Å². The Morgan fingerprint density at radius 2 is 1.76 bits per heavy atom. The highest BCUT2D eigenvalue weighted by molar-refractivity contribution is 5.86. The van der Waals surface area contributed by atoms with Gasteiger partial charge in [0, 0.05) is 11.7 Å².